The van der Waals surface area contributed by atoms with Gasteiger partial charge in [0.25, 0.3) is 0 Å². The van der Waals surface area contributed by atoms with E-state index in [-0.39, 0.29) is 12.5 Å². The molecule has 0 aliphatic carbocycles. The highest BCUT2D eigenvalue weighted by molar-refractivity contribution is 7.92. The van der Waals surface area contributed by atoms with E-state index >= 15 is 0 Å². The molecule has 0 saturated heterocycles. The van der Waals surface area contributed by atoms with E-state index in [4.69, 9.17) is 4.74 Å². The van der Waals surface area contributed by atoms with Crippen molar-refractivity contribution in [3.63, 3.8) is 0 Å². The molecule has 9 heteroatoms. The zero-order valence-corrected chi connectivity index (χ0v) is 21.9. The van der Waals surface area contributed by atoms with E-state index in [1.807, 2.05) is 51.1 Å². The molecule has 35 heavy (non-hydrogen) atoms. The molecule has 0 aliphatic heterocycles. The van der Waals surface area contributed by atoms with Crippen molar-refractivity contribution in [2.24, 2.45) is 0 Å². The Morgan fingerprint density at radius 3 is 2.20 bits per heavy atom. The highest BCUT2D eigenvalue weighted by Gasteiger charge is 2.31. The minimum absolute atomic E-state index is 0.195. The monoisotopic (exact) mass is 503 g/mol. The number of nitrogens with zero attached hydrogens (tertiary/aromatic N) is 2. The molecule has 0 unspecified atom stereocenters. The largest absolute Gasteiger partial charge is 0.494 e. The summed E-state index contributed by atoms with van der Waals surface area (Å²) in [6, 6.07) is 15.2. The Kier molecular flexibility index (Phi) is 11.0. The predicted octanol–water partition coefficient (Wildman–Crippen LogP) is 3.58. The summed E-state index contributed by atoms with van der Waals surface area (Å²) in [5, 5.41) is 2.91. The van der Waals surface area contributed by atoms with Gasteiger partial charge in [-0.25, -0.2) is 8.42 Å². The van der Waals surface area contributed by atoms with Crippen LogP contribution in [0.4, 0.5) is 5.69 Å². The van der Waals surface area contributed by atoms with Gasteiger partial charge < -0.3 is 15.0 Å². The fourth-order valence-corrected chi connectivity index (χ4v) is 4.54. The SMILES string of the molecule is CCCCNC(=O)[C@H](CC)N(Cc1ccccc1)C(=O)CN(c1ccc(OCC)cc1)S(C)(=O)=O. The van der Waals surface area contributed by atoms with Gasteiger partial charge in [-0.05, 0) is 49.6 Å². The number of hydrogen-bond acceptors (Lipinski definition) is 5. The minimum atomic E-state index is -3.77. The first-order valence-electron chi connectivity index (χ1n) is 12.0. The van der Waals surface area contributed by atoms with Gasteiger partial charge >= 0.3 is 0 Å². The molecule has 0 aromatic heterocycles. The van der Waals surface area contributed by atoms with Crippen LogP contribution in [0.15, 0.2) is 54.6 Å². The quantitative estimate of drug-likeness (QED) is 0.398. The first kappa shape index (κ1) is 28.2. The van der Waals surface area contributed by atoms with Crippen LogP contribution in [-0.2, 0) is 26.2 Å². The van der Waals surface area contributed by atoms with Gasteiger partial charge in [0, 0.05) is 13.1 Å². The van der Waals surface area contributed by atoms with Crippen molar-refractivity contribution < 1.29 is 22.7 Å². The molecule has 0 bridgehead atoms. The highest BCUT2D eigenvalue weighted by Crippen LogP contribution is 2.23. The Morgan fingerprint density at radius 2 is 1.66 bits per heavy atom. The van der Waals surface area contributed by atoms with Crippen LogP contribution >= 0.6 is 0 Å². The molecule has 0 radical (unpaired) electrons. The lowest BCUT2D eigenvalue weighted by Crippen LogP contribution is -2.52. The summed E-state index contributed by atoms with van der Waals surface area (Å²) in [6.45, 7) is 6.53. The number of carbonyl (C=O) groups is 2. The molecule has 0 heterocycles. The van der Waals surface area contributed by atoms with Crippen molar-refractivity contribution in [3.8, 4) is 5.75 Å². The first-order valence-corrected chi connectivity index (χ1v) is 13.9. The van der Waals surface area contributed by atoms with Crippen molar-refractivity contribution >= 4 is 27.5 Å². The molecule has 2 amide bonds. The molecule has 192 valence electrons. The number of hydrogen-bond donors (Lipinski definition) is 1. The summed E-state index contributed by atoms with van der Waals surface area (Å²) in [5.41, 5.74) is 1.21. The van der Waals surface area contributed by atoms with Crippen LogP contribution in [0, 0.1) is 0 Å². The number of rotatable bonds is 14. The second-order valence-electron chi connectivity index (χ2n) is 8.27. The third-order valence-corrected chi connectivity index (χ3v) is 6.67. The van der Waals surface area contributed by atoms with Gasteiger partial charge in [0.15, 0.2) is 0 Å². The maximum absolute atomic E-state index is 13.6. The Labute approximate surface area is 209 Å². The van der Waals surface area contributed by atoms with Crippen LogP contribution < -0.4 is 14.4 Å². The van der Waals surface area contributed by atoms with E-state index in [1.165, 1.54) is 4.90 Å². The molecule has 2 aromatic carbocycles. The topological polar surface area (TPSA) is 96.0 Å². The van der Waals surface area contributed by atoms with E-state index in [1.54, 1.807) is 24.3 Å². The van der Waals surface area contributed by atoms with Gasteiger partial charge in [0.1, 0.15) is 18.3 Å². The van der Waals surface area contributed by atoms with E-state index in [0.717, 1.165) is 29.0 Å². The molecule has 1 N–H and O–H groups in total. The predicted molar refractivity (Wildman–Crippen MR) is 139 cm³/mol. The van der Waals surface area contributed by atoms with Crippen LogP contribution in [0.5, 0.6) is 5.75 Å². The summed E-state index contributed by atoms with van der Waals surface area (Å²) in [7, 11) is -3.77. The van der Waals surface area contributed by atoms with Crippen molar-refractivity contribution in [2.45, 2.75) is 52.6 Å². The van der Waals surface area contributed by atoms with Gasteiger partial charge in [-0.15, -0.1) is 0 Å². The van der Waals surface area contributed by atoms with Crippen molar-refractivity contribution in [2.75, 3.05) is 30.3 Å². The summed E-state index contributed by atoms with van der Waals surface area (Å²) in [4.78, 5) is 28.1. The van der Waals surface area contributed by atoms with Gasteiger partial charge in [-0.2, -0.15) is 0 Å². The minimum Gasteiger partial charge on any atom is -0.494 e. The highest BCUT2D eigenvalue weighted by atomic mass is 32.2. The second kappa shape index (κ2) is 13.7. The maximum Gasteiger partial charge on any atom is 0.244 e. The van der Waals surface area contributed by atoms with E-state index < -0.39 is 28.5 Å². The zero-order chi connectivity index (χ0) is 25.8. The summed E-state index contributed by atoms with van der Waals surface area (Å²) >= 11 is 0. The van der Waals surface area contributed by atoms with Gasteiger partial charge in [-0.1, -0.05) is 50.6 Å². The van der Waals surface area contributed by atoms with E-state index in [9.17, 15) is 18.0 Å². The summed E-state index contributed by atoms with van der Waals surface area (Å²) < 4.78 is 31.8. The lowest BCUT2D eigenvalue weighted by Gasteiger charge is -2.33. The number of benzene rings is 2. The van der Waals surface area contributed by atoms with Crippen LogP contribution in [0.25, 0.3) is 0 Å². The summed E-state index contributed by atoms with van der Waals surface area (Å²) in [5.74, 6) is -0.0839. The molecular formula is C26H37N3O5S. The van der Waals surface area contributed by atoms with Gasteiger partial charge in [-0.3, -0.25) is 13.9 Å². The van der Waals surface area contributed by atoms with Crippen LogP contribution in [0.1, 0.15) is 45.6 Å². The van der Waals surface area contributed by atoms with Crippen molar-refractivity contribution in [3.05, 3.63) is 60.2 Å². The normalized spacial score (nSPS) is 12.0. The molecule has 8 nitrogen and oxygen atoms in total. The smallest absolute Gasteiger partial charge is 0.244 e. The Hall–Kier alpha value is -3.07. The number of amides is 2. The standard InChI is InChI=1S/C26H37N3O5S/c1-5-8-18-27-26(31)24(6-2)28(19-21-12-10-9-11-13-21)25(30)20-29(35(4,32)33)22-14-16-23(17-15-22)34-7-3/h9-17,24H,5-8,18-20H2,1-4H3,(H,27,31)/t24-/m0/s1. The lowest BCUT2D eigenvalue weighted by atomic mass is 10.1. The fraction of sp³-hybridized carbons (Fsp3) is 0.462. The Morgan fingerprint density at radius 1 is 1.00 bits per heavy atom. The van der Waals surface area contributed by atoms with Crippen LogP contribution in [-0.4, -0.2) is 57.1 Å². The third-order valence-electron chi connectivity index (χ3n) is 5.53. The third kappa shape index (κ3) is 8.58. The number of ether oxygens (including phenoxy) is 1. The average molecular weight is 504 g/mol. The number of nitrogens with one attached hydrogen (secondary N) is 1. The first-order chi connectivity index (χ1) is 16.7. The maximum atomic E-state index is 13.6. The Bertz CT molecular complexity index is 1040. The van der Waals surface area contributed by atoms with Crippen LogP contribution in [0.2, 0.25) is 0 Å². The van der Waals surface area contributed by atoms with Crippen molar-refractivity contribution in [1.29, 1.82) is 0 Å². The van der Waals surface area contributed by atoms with E-state index in [2.05, 4.69) is 5.32 Å². The molecule has 2 rings (SSSR count). The van der Waals surface area contributed by atoms with Gasteiger partial charge in [0.05, 0.1) is 18.6 Å². The lowest BCUT2D eigenvalue weighted by molar-refractivity contribution is -0.140. The number of sulfonamides is 1. The molecular weight excluding hydrogens is 466 g/mol. The second-order valence-corrected chi connectivity index (χ2v) is 10.2. The van der Waals surface area contributed by atoms with E-state index in [0.29, 0.717) is 31.0 Å². The molecule has 0 aliphatic rings. The number of unbranched alkanes of at least 4 members (excludes halogenated alkanes) is 1. The Balaban J connectivity index is 2.35. The summed E-state index contributed by atoms with van der Waals surface area (Å²) in [6.07, 6.45) is 3.25. The van der Waals surface area contributed by atoms with Crippen molar-refractivity contribution in [1.82, 2.24) is 10.2 Å². The fourth-order valence-electron chi connectivity index (χ4n) is 3.69. The van der Waals surface area contributed by atoms with Gasteiger partial charge in [0.2, 0.25) is 21.8 Å². The molecule has 0 spiro atoms. The number of anilines is 1. The molecule has 0 saturated carbocycles. The zero-order valence-electron chi connectivity index (χ0n) is 21.1. The molecule has 1 atom stereocenters. The molecule has 2 aromatic rings. The molecule has 0 fully saturated rings. The van der Waals surface area contributed by atoms with Crippen LogP contribution in [0.3, 0.4) is 0 Å². The number of carbonyl (C=O) groups excluding carboxylic acids is 2. The average Bonchev–Trinajstić information content (AvgIpc) is 2.83.